The number of aryl methyl sites for hydroxylation is 1. The highest BCUT2D eigenvalue weighted by Gasteiger charge is 2.01. The fourth-order valence-corrected chi connectivity index (χ4v) is 1.30. The number of anilines is 2. The third-order valence-electron chi connectivity index (χ3n) is 2.17. The Morgan fingerprint density at radius 2 is 2.27 bits per heavy atom. The highest BCUT2D eigenvalue weighted by molar-refractivity contribution is 5.60. The van der Waals surface area contributed by atoms with Crippen LogP contribution in [0.3, 0.4) is 0 Å². The first kappa shape index (κ1) is 9.51. The van der Waals surface area contributed by atoms with Crippen molar-refractivity contribution in [2.24, 2.45) is 7.05 Å². The van der Waals surface area contributed by atoms with Gasteiger partial charge in [-0.15, -0.1) is 0 Å². The average Bonchev–Trinajstić information content (AvgIpc) is 2.63. The van der Waals surface area contributed by atoms with E-state index in [1.165, 1.54) is 0 Å². The van der Waals surface area contributed by atoms with Gasteiger partial charge in [-0.25, -0.2) is 9.97 Å². The summed E-state index contributed by atoms with van der Waals surface area (Å²) < 4.78 is 1.95. The number of hydrogen-bond acceptors (Lipinski definition) is 4. The van der Waals surface area contributed by atoms with Gasteiger partial charge in [-0.1, -0.05) is 0 Å². The van der Waals surface area contributed by atoms with Crippen LogP contribution in [-0.2, 0) is 13.6 Å². The third-order valence-corrected chi connectivity index (χ3v) is 2.17. The molecule has 0 spiro atoms. The van der Waals surface area contributed by atoms with Crippen LogP contribution in [-0.4, -0.2) is 14.5 Å². The molecule has 0 unspecified atom stereocenters. The molecule has 0 bridgehead atoms. The number of rotatable bonds is 3. The Labute approximate surface area is 88.0 Å². The summed E-state index contributed by atoms with van der Waals surface area (Å²) in [4.78, 5) is 8.33. The maximum absolute atomic E-state index is 5.75. The summed E-state index contributed by atoms with van der Waals surface area (Å²) in [6, 6.07) is 3.62. The fraction of sp³-hybridized carbons (Fsp3) is 0.200. The van der Waals surface area contributed by atoms with E-state index in [1.807, 2.05) is 23.9 Å². The number of nitrogen functional groups attached to an aromatic ring is 1. The largest absolute Gasteiger partial charge is 0.396 e. The molecule has 0 saturated carbocycles. The van der Waals surface area contributed by atoms with Crippen molar-refractivity contribution in [1.82, 2.24) is 14.5 Å². The monoisotopic (exact) mass is 203 g/mol. The molecular weight excluding hydrogens is 190 g/mol. The van der Waals surface area contributed by atoms with E-state index in [2.05, 4.69) is 15.3 Å². The molecule has 2 heterocycles. The van der Waals surface area contributed by atoms with E-state index in [1.54, 1.807) is 18.5 Å². The minimum Gasteiger partial charge on any atom is -0.396 e. The summed E-state index contributed by atoms with van der Waals surface area (Å²) in [7, 11) is 1.95. The Morgan fingerprint density at radius 1 is 1.40 bits per heavy atom. The molecule has 5 nitrogen and oxygen atoms in total. The molecule has 3 N–H and O–H groups in total. The summed E-state index contributed by atoms with van der Waals surface area (Å²) in [5, 5.41) is 3.14. The van der Waals surface area contributed by atoms with Crippen molar-refractivity contribution in [2.75, 3.05) is 11.1 Å². The van der Waals surface area contributed by atoms with Crippen LogP contribution in [0.25, 0.3) is 0 Å². The average molecular weight is 203 g/mol. The Balaban J connectivity index is 2.06. The highest BCUT2D eigenvalue weighted by Crippen LogP contribution is 2.13. The topological polar surface area (TPSA) is 68.8 Å². The normalized spacial score (nSPS) is 10.2. The van der Waals surface area contributed by atoms with E-state index >= 15 is 0 Å². The minimum absolute atomic E-state index is 0.616. The first-order valence-electron chi connectivity index (χ1n) is 4.68. The molecule has 0 aliphatic carbocycles. The number of nitrogens with one attached hydrogen (secondary N) is 1. The predicted molar refractivity (Wildman–Crippen MR) is 59.2 cm³/mol. The summed E-state index contributed by atoms with van der Waals surface area (Å²) in [6.07, 6.45) is 5.37. The lowest BCUT2D eigenvalue weighted by Crippen LogP contribution is -2.08. The standard InChI is InChI=1S/C10H13N5/c1-15-6-5-12-9(15)7-14-10-8(11)3-2-4-13-10/h2-6H,7,11H2,1H3,(H,13,14). The van der Waals surface area contributed by atoms with Crippen LogP contribution >= 0.6 is 0 Å². The second-order valence-electron chi connectivity index (χ2n) is 3.25. The van der Waals surface area contributed by atoms with Gasteiger partial charge in [0, 0.05) is 25.6 Å². The highest BCUT2D eigenvalue weighted by atomic mass is 15.1. The number of nitrogens with zero attached hydrogens (tertiary/aromatic N) is 3. The molecule has 0 radical (unpaired) electrons. The number of pyridine rings is 1. The lowest BCUT2D eigenvalue weighted by molar-refractivity contribution is 0.811. The van der Waals surface area contributed by atoms with Crippen LogP contribution < -0.4 is 11.1 Å². The summed E-state index contributed by atoms with van der Waals surface area (Å²) in [6.45, 7) is 0.616. The molecule has 0 saturated heterocycles. The molecule has 0 atom stereocenters. The van der Waals surface area contributed by atoms with Crippen molar-refractivity contribution in [2.45, 2.75) is 6.54 Å². The zero-order chi connectivity index (χ0) is 10.7. The van der Waals surface area contributed by atoms with Gasteiger partial charge >= 0.3 is 0 Å². The minimum atomic E-state index is 0.616. The van der Waals surface area contributed by atoms with Crippen molar-refractivity contribution in [1.29, 1.82) is 0 Å². The van der Waals surface area contributed by atoms with Gasteiger partial charge in [0.2, 0.25) is 0 Å². The quantitative estimate of drug-likeness (QED) is 0.781. The molecule has 2 rings (SSSR count). The number of aromatic nitrogens is 3. The molecule has 0 fully saturated rings. The van der Waals surface area contributed by atoms with Crippen molar-refractivity contribution < 1.29 is 0 Å². The van der Waals surface area contributed by atoms with Gasteiger partial charge in [0.05, 0.1) is 12.2 Å². The molecular formula is C10H13N5. The molecule has 0 aliphatic heterocycles. The summed E-state index contributed by atoms with van der Waals surface area (Å²) in [5.41, 5.74) is 6.39. The van der Waals surface area contributed by atoms with E-state index in [0.717, 1.165) is 5.82 Å². The molecule has 78 valence electrons. The molecule has 5 heteroatoms. The zero-order valence-corrected chi connectivity index (χ0v) is 8.51. The molecule has 0 aliphatic rings. The Morgan fingerprint density at radius 3 is 2.93 bits per heavy atom. The number of imidazole rings is 1. The van der Waals surface area contributed by atoms with Gasteiger partial charge in [0.25, 0.3) is 0 Å². The first-order chi connectivity index (χ1) is 7.27. The van der Waals surface area contributed by atoms with Crippen LogP contribution in [0.4, 0.5) is 11.5 Å². The number of hydrogen-bond donors (Lipinski definition) is 2. The first-order valence-corrected chi connectivity index (χ1v) is 4.68. The van der Waals surface area contributed by atoms with E-state index in [-0.39, 0.29) is 0 Å². The van der Waals surface area contributed by atoms with Crippen LogP contribution in [0.5, 0.6) is 0 Å². The molecule has 2 aromatic rings. The molecule has 2 aromatic heterocycles. The Bertz CT molecular complexity index is 449. The van der Waals surface area contributed by atoms with Crippen LogP contribution in [0.2, 0.25) is 0 Å². The third kappa shape index (κ3) is 2.07. The number of nitrogens with two attached hydrogens (primary N) is 1. The van der Waals surface area contributed by atoms with Gasteiger partial charge in [0.1, 0.15) is 11.6 Å². The fourth-order valence-electron chi connectivity index (χ4n) is 1.30. The second kappa shape index (κ2) is 4.00. The maximum atomic E-state index is 5.75. The lowest BCUT2D eigenvalue weighted by Gasteiger charge is -2.07. The smallest absolute Gasteiger partial charge is 0.149 e. The van der Waals surface area contributed by atoms with Gasteiger partial charge < -0.3 is 15.6 Å². The Hall–Kier alpha value is -2.04. The van der Waals surface area contributed by atoms with Crippen molar-refractivity contribution in [3.63, 3.8) is 0 Å². The van der Waals surface area contributed by atoms with Gasteiger partial charge in [-0.3, -0.25) is 0 Å². The molecule has 0 aromatic carbocycles. The lowest BCUT2D eigenvalue weighted by atomic mass is 10.4. The second-order valence-corrected chi connectivity index (χ2v) is 3.25. The van der Waals surface area contributed by atoms with Gasteiger partial charge in [-0.05, 0) is 12.1 Å². The van der Waals surface area contributed by atoms with Gasteiger partial charge in [-0.2, -0.15) is 0 Å². The molecule has 15 heavy (non-hydrogen) atoms. The van der Waals surface area contributed by atoms with E-state index in [4.69, 9.17) is 5.73 Å². The van der Waals surface area contributed by atoms with Crippen LogP contribution in [0.1, 0.15) is 5.82 Å². The van der Waals surface area contributed by atoms with Crippen LogP contribution in [0.15, 0.2) is 30.7 Å². The maximum Gasteiger partial charge on any atom is 0.149 e. The predicted octanol–water partition coefficient (Wildman–Crippen LogP) is 1.01. The zero-order valence-electron chi connectivity index (χ0n) is 8.51. The van der Waals surface area contributed by atoms with Crippen molar-refractivity contribution in [3.05, 3.63) is 36.5 Å². The Kier molecular flexibility index (Phi) is 2.53. The van der Waals surface area contributed by atoms with E-state index in [9.17, 15) is 0 Å². The summed E-state index contributed by atoms with van der Waals surface area (Å²) >= 11 is 0. The van der Waals surface area contributed by atoms with E-state index < -0.39 is 0 Å². The van der Waals surface area contributed by atoms with Crippen molar-refractivity contribution in [3.8, 4) is 0 Å². The van der Waals surface area contributed by atoms with Gasteiger partial charge in [0.15, 0.2) is 0 Å². The van der Waals surface area contributed by atoms with Crippen molar-refractivity contribution >= 4 is 11.5 Å². The molecule has 0 amide bonds. The summed E-state index contributed by atoms with van der Waals surface area (Å²) in [5.74, 6) is 1.64. The SMILES string of the molecule is Cn1ccnc1CNc1ncccc1N. The van der Waals surface area contributed by atoms with Crippen LogP contribution in [0, 0.1) is 0 Å². The van der Waals surface area contributed by atoms with E-state index in [0.29, 0.717) is 18.1 Å².